The van der Waals surface area contributed by atoms with Gasteiger partial charge in [0.25, 0.3) is 0 Å². The number of benzene rings is 1. The van der Waals surface area contributed by atoms with Gasteiger partial charge >= 0.3 is 0 Å². The van der Waals surface area contributed by atoms with Crippen LogP contribution in [0, 0.1) is 0 Å². The van der Waals surface area contributed by atoms with Crippen LogP contribution in [0.15, 0.2) is 18.2 Å². The first-order valence-corrected chi connectivity index (χ1v) is 8.75. The van der Waals surface area contributed by atoms with Crippen molar-refractivity contribution in [1.82, 2.24) is 4.90 Å². The zero-order valence-electron chi connectivity index (χ0n) is 13.8. The van der Waals surface area contributed by atoms with Crippen LogP contribution in [0.5, 0.6) is 5.75 Å². The highest BCUT2D eigenvalue weighted by molar-refractivity contribution is 5.37. The number of phenolic OH excluding ortho intramolecular Hbond substituents is 1. The molecule has 21 heavy (non-hydrogen) atoms. The summed E-state index contributed by atoms with van der Waals surface area (Å²) < 4.78 is 0. The minimum Gasteiger partial charge on any atom is -0.508 e. The average molecular weight is 289 g/mol. The van der Waals surface area contributed by atoms with Gasteiger partial charge in [0.05, 0.1) is 0 Å². The molecule has 2 rings (SSSR count). The lowest BCUT2D eigenvalue weighted by Crippen LogP contribution is -2.31. The van der Waals surface area contributed by atoms with E-state index in [9.17, 15) is 5.11 Å². The second kappa shape index (κ2) is 8.43. The largest absolute Gasteiger partial charge is 0.508 e. The third kappa shape index (κ3) is 5.03. The monoisotopic (exact) mass is 289 g/mol. The molecule has 1 aliphatic rings. The summed E-state index contributed by atoms with van der Waals surface area (Å²) in [4.78, 5) is 2.64. The Balaban J connectivity index is 1.86. The highest BCUT2D eigenvalue weighted by Gasteiger charge is 2.17. The van der Waals surface area contributed by atoms with E-state index < -0.39 is 0 Å². The number of hydrogen-bond donors (Lipinski definition) is 1. The van der Waals surface area contributed by atoms with E-state index in [4.69, 9.17) is 0 Å². The van der Waals surface area contributed by atoms with Gasteiger partial charge in [-0.15, -0.1) is 0 Å². The molecule has 0 fully saturated rings. The van der Waals surface area contributed by atoms with Crippen LogP contribution >= 0.6 is 0 Å². The van der Waals surface area contributed by atoms with Crippen LogP contribution in [0.2, 0.25) is 0 Å². The molecule has 0 unspecified atom stereocenters. The van der Waals surface area contributed by atoms with Crippen LogP contribution < -0.4 is 0 Å². The van der Waals surface area contributed by atoms with E-state index in [0.29, 0.717) is 11.7 Å². The molecule has 0 spiro atoms. The van der Waals surface area contributed by atoms with E-state index in [1.807, 2.05) is 12.1 Å². The SMILES string of the molecule is CCCCCCCN1CCc2ccc(O)cc2[C@@H](C)CC1. The van der Waals surface area contributed by atoms with Crippen molar-refractivity contribution in [1.29, 1.82) is 0 Å². The Morgan fingerprint density at radius 1 is 1.14 bits per heavy atom. The van der Waals surface area contributed by atoms with E-state index in [-0.39, 0.29) is 0 Å². The van der Waals surface area contributed by atoms with E-state index in [2.05, 4.69) is 24.8 Å². The van der Waals surface area contributed by atoms with Crippen LogP contribution in [0.3, 0.4) is 0 Å². The lowest BCUT2D eigenvalue weighted by Gasteiger charge is -2.28. The maximum absolute atomic E-state index is 9.70. The third-order valence-corrected chi connectivity index (χ3v) is 4.81. The Bertz CT molecular complexity index is 430. The minimum absolute atomic E-state index is 0.411. The Labute approximate surface area is 130 Å². The number of unbranched alkanes of at least 4 members (excludes halogenated alkanes) is 4. The van der Waals surface area contributed by atoms with E-state index in [1.54, 1.807) is 0 Å². The molecule has 0 aromatic heterocycles. The summed E-state index contributed by atoms with van der Waals surface area (Å²) in [5, 5.41) is 9.70. The number of nitrogens with zero attached hydrogens (tertiary/aromatic N) is 1. The normalized spacial score (nSPS) is 19.8. The molecule has 1 aliphatic heterocycles. The molecule has 0 saturated carbocycles. The highest BCUT2D eigenvalue weighted by Crippen LogP contribution is 2.29. The van der Waals surface area contributed by atoms with Gasteiger partial charge in [0, 0.05) is 6.54 Å². The van der Waals surface area contributed by atoms with Gasteiger partial charge in [0.1, 0.15) is 5.75 Å². The van der Waals surface area contributed by atoms with Gasteiger partial charge in [-0.05, 0) is 61.5 Å². The number of rotatable bonds is 6. The van der Waals surface area contributed by atoms with Crippen molar-refractivity contribution >= 4 is 0 Å². The lowest BCUT2D eigenvalue weighted by atomic mass is 9.89. The summed E-state index contributed by atoms with van der Waals surface area (Å²) in [7, 11) is 0. The Morgan fingerprint density at radius 3 is 2.76 bits per heavy atom. The predicted molar refractivity (Wildman–Crippen MR) is 90.0 cm³/mol. The molecular formula is C19H31NO. The van der Waals surface area contributed by atoms with Gasteiger partial charge in [-0.3, -0.25) is 0 Å². The van der Waals surface area contributed by atoms with E-state index in [1.165, 1.54) is 62.7 Å². The highest BCUT2D eigenvalue weighted by atomic mass is 16.3. The Hall–Kier alpha value is -1.02. The molecule has 1 atom stereocenters. The van der Waals surface area contributed by atoms with Gasteiger partial charge in [-0.25, -0.2) is 0 Å². The number of phenols is 1. The Morgan fingerprint density at radius 2 is 1.95 bits per heavy atom. The molecule has 2 nitrogen and oxygen atoms in total. The first kappa shape index (κ1) is 16.4. The van der Waals surface area contributed by atoms with Gasteiger partial charge in [-0.2, -0.15) is 0 Å². The number of hydrogen-bond acceptors (Lipinski definition) is 2. The van der Waals surface area contributed by atoms with Gasteiger partial charge in [0.2, 0.25) is 0 Å². The maximum atomic E-state index is 9.70. The first-order chi connectivity index (χ1) is 10.2. The topological polar surface area (TPSA) is 23.5 Å². The fourth-order valence-corrected chi connectivity index (χ4v) is 3.35. The fraction of sp³-hybridized carbons (Fsp3) is 0.684. The Kier molecular flexibility index (Phi) is 6.56. The number of aromatic hydroxyl groups is 1. The molecule has 0 amide bonds. The molecule has 1 aromatic carbocycles. The molecule has 1 aromatic rings. The molecular weight excluding hydrogens is 258 g/mol. The van der Waals surface area contributed by atoms with E-state index in [0.717, 1.165) is 13.0 Å². The second-order valence-corrected chi connectivity index (χ2v) is 6.58. The van der Waals surface area contributed by atoms with Crippen molar-refractivity contribution in [2.24, 2.45) is 0 Å². The summed E-state index contributed by atoms with van der Waals surface area (Å²) in [6.07, 6.45) is 9.14. The van der Waals surface area contributed by atoms with E-state index >= 15 is 0 Å². The van der Waals surface area contributed by atoms with Crippen LogP contribution in [0.25, 0.3) is 0 Å². The predicted octanol–water partition coefficient (Wildman–Crippen LogP) is 4.71. The fourth-order valence-electron chi connectivity index (χ4n) is 3.35. The molecule has 2 heteroatoms. The molecule has 0 aliphatic carbocycles. The van der Waals surface area contributed by atoms with Gasteiger partial charge in [0.15, 0.2) is 0 Å². The van der Waals surface area contributed by atoms with Crippen molar-refractivity contribution in [3.63, 3.8) is 0 Å². The number of fused-ring (bicyclic) bond motifs is 1. The van der Waals surface area contributed by atoms with Crippen LogP contribution in [-0.2, 0) is 6.42 Å². The van der Waals surface area contributed by atoms with Crippen LogP contribution in [0.1, 0.15) is 69.4 Å². The first-order valence-electron chi connectivity index (χ1n) is 8.75. The van der Waals surface area contributed by atoms with Crippen molar-refractivity contribution in [2.75, 3.05) is 19.6 Å². The summed E-state index contributed by atoms with van der Waals surface area (Å²) in [5.74, 6) is 0.962. The van der Waals surface area contributed by atoms with Crippen LogP contribution in [0.4, 0.5) is 0 Å². The molecule has 0 bridgehead atoms. The summed E-state index contributed by atoms with van der Waals surface area (Å²) in [6, 6.07) is 5.93. The van der Waals surface area contributed by atoms with Crippen molar-refractivity contribution in [3.8, 4) is 5.75 Å². The summed E-state index contributed by atoms with van der Waals surface area (Å²) in [5.41, 5.74) is 2.79. The average Bonchev–Trinajstić information content (AvgIpc) is 2.48. The van der Waals surface area contributed by atoms with Crippen LogP contribution in [-0.4, -0.2) is 29.6 Å². The van der Waals surface area contributed by atoms with Gasteiger partial charge < -0.3 is 10.0 Å². The summed E-state index contributed by atoms with van der Waals surface area (Å²) in [6.45, 7) is 8.18. The van der Waals surface area contributed by atoms with Crippen molar-refractivity contribution < 1.29 is 5.11 Å². The molecule has 1 heterocycles. The smallest absolute Gasteiger partial charge is 0.115 e. The third-order valence-electron chi connectivity index (χ3n) is 4.81. The second-order valence-electron chi connectivity index (χ2n) is 6.58. The van der Waals surface area contributed by atoms with Crippen molar-refractivity contribution in [3.05, 3.63) is 29.3 Å². The zero-order valence-corrected chi connectivity index (χ0v) is 13.8. The van der Waals surface area contributed by atoms with Gasteiger partial charge in [-0.1, -0.05) is 45.6 Å². The summed E-state index contributed by atoms with van der Waals surface area (Å²) >= 11 is 0. The molecule has 1 N–H and O–H groups in total. The standard InChI is InChI=1S/C19H31NO/c1-3-4-5-6-7-12-20-13-10-16(2)19-15-18(21)9-8-17(19)11-14-20/h8-9,15-16,21H,3-7,10-14H2,1-2H3/t16-/m0/s1. The van der Waals surface area contributed by atoms with Crippen molar-refractivity contribution in [2.45, 2.75) is 64.7 Å². The minimum atomic E-state index is 0.411. The maximum Gasteiger partial charge on any atom is 0.115 e. The zero-order chi connectivity index (χ0) is 15.1. The molecule has 0 radical (unpaired) electrons. The molecule has 118 valence electrons. The lowest BCUT2D eigenvalue weighted by molar-refractivity contribution is 0.255. The quantitative estimate of drug-likeness (QED) is 0.766. The molecule has 0 saturated heterocycles.